The predicted molar refractivity (Wildman–Crippen MR) is 189 cm³/mol. The summed E-state index contributed by atoms with van der Waals surface area (Å²) in [5.41, 5.74) is -5.58. The lowest BCUT2D eigenvalue weighted by atomic mass is 9.93. The van der Waals surface area contributed by atoms with Gasteiger partial charge in [-0.2, -0.15) is 21.6 Å². The van der Waals surface area contributed by atoms with Gasteiger partial charge in [0, 0.05) is 14.2 Å². The molecule has 0 heterocycles. The van der Waals surface area contributed by atoms with Crippen molar-refractivity contribution < 1.29 is 44.7 Å². The average molecular weight is 713 g/mol. The van der Waals surface area contributed by atoms with Crippen molar-refractivity contribution in [2.75, 3.05) is 27.8 Å². The number of alkyl halides is 3. The van der Waals surface area contributed by atoms with Gasteiger partial charge in [-0.15, -0.1) is 0 Å². The van der Waals surface area contributed by atoms with Crippen LogP contribution in [0.25, 0.3) is 32.3 Å². The van der Waals surface area contributed by atoms with Crippen molar-refractivity contribution in [1.29, 1.82) is 0 Å². The van der Waals surface area contributed by atoms with E-state index < -0.39 is 39.8 Å². The van der Waals surface area contributed by atoms with Crippen molar-refractivity contribution in [2.24, 2.45) is 0 Å². The summed E-state index contributed by atoms with van der Waals surface area (Å²) in [7, 11) is -9.31. The third-order valence-corrected chi connectivity index (χ3v) is 14.8. The lowest BCUT2D eigenvalue weighted by Crippen LogP contribution is -2.40. The first-order chi connectivity index (χ1) is 21.0. The molecule has 0 amide bonds. The number of fused-ring (bicyclic) bond motifs is 6. The Morgan fingerprint density at radius 3 is 1.11 bits per heavy atom. The molecule has 0 radical (unpaired) electrons. The number of ether oxygens (including phenoxy) is 4. The second kappa shape index (κ2) is 12.4. The van der Waals surface area contributed by atoms with Crippen molar-refractivity contribution in [2.45, 2.75) is 64.4 Å². The van der Waals surface area contributed by atoms with Crippen LogP contribution in [0.1, 0.15) is 0 Å². The fraction of sp³-hybridized carbons (Fsp3) is 0.438. The number of hydrogen-bond acceptors (Lipinski definition) is 7. The Morgan fingerprint density at radius 2 is 0.826 bits per heavy atom. The Morgan fingerprint density at radius 1 is 0.543 bits per heavy atom. The smallest absolute Gasteiger partial charge is 0.468 e. The summed E-state index contributed by atoms with van der Waals surface area (Å²) in [4.78, 5) is 0. The molecule has 7 nitrogen and oxygen atoms in total. The van der Waals surface area contributed by atoms with Gasteiger partial charge >= 0.3 is 15.6 Å². The van der Waals surface area contributed by atoms with Gasteiger partial charge in [0.05, 0.1) is 24.2 Å². The first kappa shape index (κ1) is 36.2. The van der Waals surface area contributed by atoms with E-state index in [1.165, 1.54) is 13.2 Å². The minimum Gasteiger partial charge on any atom is -0.468 e. The summed E-state index contributed by atoms with van der Waals surface area (Å²) in [5, 5.41) is 7.19. The van der Waals surface area contributed by atoms with Gasteiger partial charge in [0.1, 0.15) is 17.2 Å². The topological polar surface area (TPSA) is 80.3 Å². The highest BCUT2D eigenvalue weighted by Crippen LogP contribution is 2.41. The quantitative estimate of drug-likeness (QED) is 0.0546. The van der Waals surface area contributed by atoms with Gasteiger partial charge in [-0.05, 0) is 66.1 Å². The second-order valence-electron chi connectivity index (χ2n) is 14.5. The van der Waals surface area contributed by atoms with Gasteiger partial charge in [0.25, 0.3) is 0 Å². The molecule has 0 fully saturated rings. The van der Waals surface area contributed by atoms with Crippen LogP contribution in [0.5, 0.6) is 17.2 Å². The average Bonchev–Trinajstić information content (AvgIpc) is 2.91. The van der Waals surface area contributed by atoms with E-state index in [9.17, 15) is 21.6 Å². The molecule has 0 aliphatic carbocycles. The van der Waals surface area contributed by atoms with Gasteiger partial charge in [0.2, 0.25) is 0 Å². The Balaban J connectivity index is 2.31. The molecule has 46 heavy (non-hydrogen) atoms. The molecule has 4 rings (SSSR count). The van der Waals surface area contributed by atoms with E-state index >= 15 is 0 Å². The highest BCUT2D eigenvalue weighted by Gasteiger charge is 2.49. The molecule has 0 N–H and O–H groups in total. The zero-order valence-corrected chi connectivity index (χ0v) is 32.1. The number of benzene rings is 4. The van der Waals surface area contributed by atoms with Crippen molar-refractivity contribution in [3.8, 4) is 17.2 Å². The van der Waals surface area contributed by atoms with Gasteiger partial charge in [-0.25, -0.2) is 0 Å². The minimum atomic E-state index is -5.93. The maximum Gasteiger partial charge on any atom is 0.534 e. The highest BCUT2D eigenvalue weighted by molar-refractivity contribution is 7.88. The molecule has 252 valence electrons. The zero-order chi connectivity index (χ0) is 34.6. The van der Waals surface area contributed by atoms with Crippen molar-refractivity contribution >= 4 is 82.2 Å². The summed E-state index contributed by atoms with van der Waals surface area (Å²) in [6.07, 6.45) is 0. The molecule has 4 aromatic carbocycles. The van der Waals surface area contributed by atoms with E-state index in [2.05, 4.69) is 51.4 Å². The van der Waals surface area contributed by atoms with E-state index in [0.717, 1.165) is 31.9 Å². The molecule has 0 bridgehead atoms. The van der Waals surface area contributed by atoms with E-state index in [4.69, 9.17) is 23.1 Å². The van der Waals surface area contributed by atoms with Crippen LogP contribution in [0.3, 0.4) is 0 Å². The molecule has 4 aromatic rings. The van der Waals surface area contributed by atoms with Crippen LogP contribution < -0.4 is 29.2 Å². The number of hydrogen-bond donors (Lipinski definition) is 0. The summed E-state index contributed by atoms with van der Waals surface area (Å²) < 4.78 is 93.0. The fourth-order valence-corrected chi connectivity index (χ4v) is 10.5. The van der Waals surface area contributed by atoms with E-state index in [0.29, 0.717) is 27.5 Å². The van der Waals surface area contributed by atoms with Gasteiger partial charge in [0.15, 0.2) is 13.6 Å². The predicted octanol–water partition coefficient (Wildman–Crippen LogP) is 6.98. The zero-order valence-electron chi connectivity index (χ0n) is 28.3. The molecule has 0 unspecified atom stereocenters. The lowest BCUT2D eigenvalue weighted by molar-refractivity contribution is -0.0499. The largest absolute Gasteiger partial charge is 0.534 e. The van der Waals surface area contributed by atoms with Gasteiger partial charge < -0.3 is 23.1 Å². The van der Waals surface area contributed by atoms with E-state index in [-0.39, 0.29) is 19.3 Å². The lowest BCUT2D eigenvalue weighted by Gasteiger charge is -2.26. The molecule has 0 aliphatic rings. The Bertz CT molecular complexity index is 1910. The van der Waals surface area contributed by atoms with Crippen LogP contribution in [-0.4, -0.2) is 66.0 Å². The summed E-state index contributed by atoms with van der Waals surface area (Å²) in [6.45, 7) is 19.1. The molecule has 0 saturated carbocycles. The van der Waals surface area contributed by atoms with Crippen molar-refractivity contribution in [3.63, 3.8) is 0 Å². The Labute approximate surface area is 272 Å². The van der Waals surface area contributed by atoms with E-state index in [1.807, 2.05) is 31.8 Å². The summed E-state index contributed by atoms with van der Waals surface area (Å²) >= 11 is 0. The molecule has 14 heteroatoms. The molecule has 0 saturated heterocycles. The Kier molecular flexibility index (Phi) is 9.79. The normalized spacial score (nSPS) is 13.5. The first-order valence-corrected chi connectivity index (χ1v) is 26.7. The number of methoxy groups -OCH3 is 2. The minimum absolute atomic E-state index is 0.00638. The van der Waals surface area contributed by atoms with Gasteiger partial charge in [-0.1, -0.05) is 77.1 Å². The molecular weight excluding hydrogens is 670 g/mol. The molecule has 0 aliphatic heterocycles. The monoisotopic (exact) mass is 712 g/mol. The maximum absolute atomic E-state index is 13.6. The summed E-state index contributed by atoms with van der Waals surface area (Å²) in [6, 6.07) is 11.4. The van der Waals surface area contributed by atoms with Crippen LogP contribution in [0.4, 0.5) is 13.2 Å². The maximum atomic E-state index is 13.6. The molecule has 0 spiro atoms. The van der Waals surface area contributed by atoms with Crippen LogP contribution >= 0.6 is 0 Å². The number of rotatable bonds is 11. The van der Waals surface area contributed by atoms with E-state index in [1.54, 1.807) is 13.2 Å². The number of halogens is 3. The van der Waals surface area contributed by atoms with Crippen LogP contribution in [0.15, 0.2) is 36.4 Å². The SMILES string of the molecule is COCOc1cc2c3cc(OS(=O)(=O)C(F)(F)F)c([Si](C)(C)C)cc3c3cc(OCOC)c([Si](C)(C)C)cc3c2cc1[Si](C)(C)C. The van der Waals surface area contributed by atoms with Crippen molar-refractivity contribution in [1.82, 2.24) is 0 Å². The standard InChI is InChI=1S/C32H43F3O7SSi3/c1-38-18-40-26-12-20-22-14-28(42-43(36,37)32(33,34)35)31(46(9,10)11)17-23(22)21-13-27(41-19-39-2)30(45(6,7)8)16-25(21)24(20)15-29(26)44(3,4)5/h12-17H,18-19H2,1-11H3. The fourth-order valence-electron chi connectivity index (χ4n) is 5.55. The van der Waals surface area contributed by atoms with Crippen LogP contribution in [0.2, 0.25) is 58.9 Å². The Hall–Kier alpha value is -2.63. The third kappa shape index (κ3) is 7.11. The molecule has 0 atom stereocenters. The van der Waals surface area contributed by atoms with Crippen LogP contribution in [-0.2, 0) is 19.6 Å². The molecular formula is C32H43F3O7SSi3. The van der Waals surface area contributed by atoms with Crippen molar-refractivity contribution in [3.05, 3.63) is 36.4 Å². The second-order valence-corrected chi connectivity index (χ2v) is 31.2. The third-order valence-electron chi connectivity index (χ3n) is 7.80. The molecule has 0 aromatic heterocycles. The summed E-state index contributed by atoms with van der Waals surface area (Å²) in [5.74, 6) is 0.960. The van der Waals surface area contributed by atoms with Crippen LogP contribution in [0, 0.1) is 0 Å². The highest BCUT2D eigenvalue weighted by atomic mass is 32.2. The van der Waals surface area contributed by atoms with Gasteiger partial charge in [-0.3, -0.25) is 0 Å². The first-order valence-electron chi connectivity index (χ1n) is 14.8.